The average Bonchev–Trinajstić information content (AvgIpc) is 2.40. The molecule has 112 valence electrons. The Morgan fingerprint density at radius 2 is 1.75 bits per heavy atom. The zero-order valence-corrected chi connectivity index (χ0v) is 13.9. The van der Waals surface area contributed by atoms with Gasteiger partial charge in [-0.1, -0.05) is 49.1 Å². The Morgan fingerprint density at radius 3 is 2.35 bits per heavy atom. The molecule has 1 N–H and O–H groups in total. The van der Waals surface area contributed by atoms with Gasteiger partial charge in [0.15, 0.2) is 0 Å². The molecule has 0 radical (unpaired) electrons. The van der Waals surface area contributed by atoms with E-state index in [1.807, 2.05) is 12.1 Å². The minimum Gasteiger partial charge on any atom is -0.312 e. The van der Waals surface area contributed by atoms with Gasteiger partial charge in [0.05, 0.1) is 0 Å². The van der Waals surface area contributed by atoms with Crippen LogP contribution in [0.15, 0.2) is 24.3 Å². The minimum absolute atomic E-state index is 0.185. The second kappa shape index (κ2) is 6.49. The number of hydrogen-bond donors (Lipinski definition) is 1. The molecule has 1 saturated carbocycles. The summed E-state index contributed by atoms with van der Waals surface area (Å²) in [6, 6.07) is 8.34. The van der Waals surface area contributed by atoms with Crippen LogP contribution in [0.2, 0.25) is 5.02 Å². The van der Waals surface area contributed by atoms with Gasteiger partial charge in [0.1, 0.15) is 0 Å². The molecule has 1 nitrogen and oxygen atoms in total. The van der Waals surface area contributed by atoms with Crippen LogP contribution in [0.3, 0.4) is 0 Å². The normalized spacial score (nSPS) is 19.0. The molecule has 1 aliphatic rings. The standard InChI is InChI=1S/C18H28ClN/c1-17(2,3)20-14-18(11-7-4-8-12-18)13-15-9-5-6-10-16(15)19/h5-6,9-10,20H,4,7-8,11-14H2,1-3H3. The van der Waals surface area contributed by atoms with Gasteiger partial charge in [-0.2, -0.15) is 0 Å². The Hall–Kier alpha value is -0.530. The van der Waals surface area contributed by atoms with Gasteiger partial charge in [-0.25, -0.2) is 0 Å². The number of rotatable bonds is 4. The molecule has 1 aromatic carbocycles. The van der Waals surface area contributed by atoms with Crippen molar-refractivity contribution >= 4 is 11.6 Å². The molecule has 0 aliphatic heterocycles. The smallest absolute Gasteiger partial charge is 0.0438 e. The van der Waals surface area contributed by atoms with E-state index in [0.29, 0.717) is 5.41 Å². The van der Waals surface area contributed by atoms with Crippen molar-refractivity contribution in [2.45, 2.75) is 64.8 Å². The molecule has 1 aromatic rings. The zero-order valence-electron chi connectivity index (χ0n) is 13.1. The SMILES string of the molecule is CC(C)(C)NCC1(Cc2ccccc2Cl)CCCCC1. The molecule has 0 bridgehead atoms. The minimum atomic E-state index is 0.185. The van der Waals surface area contributed by atoms with Crippen molar-refractivity contribution in [2.75, 3.05) is 6.54 Å². The lowest BCUT2D eigenvalue weighted by Crippen LogP contribution is -2.45. The predicted molar refractivity (Wildman–Crippen MR) is 88.4 cm³/mol. The van der Waals surface area contributed by atoms with E-state index < -0.39 is 0 Å². The van der Waals surface area contributed by atoms with Crippen LogP contribution < -0.4 is 5.32 Å². The zero-order chi connectivity index (χ0) is 14.6. The van der Waals surface area contributed by atoms with Crippen molar-refractivity contribution in [1.29, 1.82) is 0 Å². The second-order valence-corrected chi connectivity index (χ2v) is 7.84. The third-order valence-electron chi connectivity index (χ3n) is 4.43. The first-order chi connectivity index (χ1) is 9.40. The van der Waals surface area contributed by atoms with Crippen molar-refractivity contribution < 1.29 is 0 Å². The van der Waals surface area contributed by atoms with Gasteiger partial charge in [-0.3, -0.25) is 0 Å². The third kappa shape index (κ3) is 4.49. The lowest BCUT2D eigenvalue weighted by atomic mass is 9.70. The van der Waals surface area contributed by atoms with Crippen LogP contribution in [0.5, 0.6) is 0 Å². The van der Waals surface area contributed by atoms with E-state index in [1.165, 1.54) is 37.7 Å². The average molecular weight is 294 g/mol. The van der Waals surface area contributed by atoms with Gasteiger partial charge in [-0.05, 0) is 57.1 Å². The number of nitrogens with one attached hydrogen (secondary N) is 1. The fourth-order valence-corrected chi connectivity index (χ4v) is 3.42. The Morgan fingerprint density at radius 1 is 1.10 bits per heavy atom. The molecule has 0 unspecified atom stereocenters. The summed E-state index contributed by atoms with van der Waals surface area (Å²) < 4.78 is 0. The van der Waals surface area contributed by atoms with E-state index in [4.69, 9.17) is 11.6 Å². The van der Waals surface area contributed by atoms with Gasteiger partial charge in [0.2, 0.25) is 0 Å². The molecule has 20 heavy (non-hydrogen) atoms. The van der Waals surface area contributed by atoms with E-state index in [9.17, 15) is 0 Å². The maximum atomic E-state index is 6.38. The molecular formula is C18H28ClN. The molecule has 0 heterocycles. The first kappa shape index (κ1) is 15.9. The Bertz CT molecular complexity index is 427. The summed E-state index contributed by atoms with van der Waals surface area (Å²) in [6.45, 7) is 7.85. The van der Waals surface area contributed by atoms with Gasteiger partial charge in [-0.15, -0.1) is 0 Å². The van der Waals surface area contributed by atoms with Crippen LogP contribution in [0.4, 0.5) is 0 Å². The van der Waals surface area contributed by atoms with Gasteiger partial charge < -0.3 is 5.32 Å². The van der Waals surface area contributed by atoms with Crippen LogP contribution in [0.25, 0.3) is 0 Å². The summed E-state index contributed by atoms with van der Waals surface area (Å²) in [5.41, 5.74) is 1.88. The van der Waals surface area contributed by atoms with Crippen LogP contribution in [0.1, 0.15) is 58.4 Å². The highest BCUT2D eigenvalue weighted by atomic mass is 35.5. The molecule has 1 aliphatic carbocycles. The van der Waals surface area contributed by atoms with E-state index in [0.717, 1.165) is 18.0 Å². The first-order valence-electron chi connectivity index (χ1n) is 7.89. The number of hydrogen-bond acceptors (Lipinski definition) is 1. The summed E-state index contributed by atoms with van der Waals surface area (Å²) in [6.07, 6.45) is 7.85. The summed E-state index contributed by atoms with van der Waals surface area (Å²) in [5.74, 6) is 0. The highest BCUT2D eigenvalue weighted by Crippen LogP contribution is 2.40. The Labute approximate surface area is 129 Å². The topological polar surface area (TPSA) is 12.0 Å². The quantitative estimate of drug-likeness (QED) is 0.802. The van der Waals surface area contributed by atoms with Crippen molar-refractivity contribution in [3.8, 4) is 0 Å². The highest BCUT2D eigenvalue weighted by molar-refractivity contribution is 6.31. The van der Waals surface area contributed by atoms with Crippen molar-refractivity contribution in [1.82, 2.24) is 5.32 Å². The molecule has 0 spiro atoms. The first-order valence-corrected chi connectivity index (χ1v) is 8.27. The second-order valence-electron chi connectivity index (χ2n) is 7.43. The Balaban J connectivity index is 2.12. The van der Waals surface area contributed by atoms with E-state index in [1.54, 1.807) is 0 Å². The number of benzene rings is 1. The predicted octanol–water partition coefficient (Wildman–Crippen LogP) is 5.22. The lowest BCUT2D eigenvalue weighted by Gasteiger charge is -2.40. The highest BCUT2D eigenvalue weighted by Gasteiger charge is 2.33. The summed E-state index contributed by atoms with van der Waals surface area (Å²) in [7, 11) is 0. The van der Waals surface area contributed by atoms with Crippen LogP contribution in [-0.2, 0) is 6.42 Å². The van der Waals surface area contributed by atoms with Crippen LogP contribution in [0, 0.1) is 5.41 Å². The van der Waals surface area contributed by atoms with Crippen molar-refractivity contribution in [3.63, 3.8) is 0 Å². The van der Waals surface area contributed by atoms with Gasteiger partial charge in [0.25, 0.3) is 0 Å². The lowest BCUT2D eigenvalue weighted by molar-refractivity contribution is 0.165. The van der Waals surface area contributed by atoms with E-state index in [2.05, 4.69) is 38.2 Å². The maximum absolute atomic E-state index is 6.38. The van der Waals surface area contributed by atoms with Crippen LogP contribution in [-0.4, -0.2) is 12.1 Å². The monoisotopic (exact) mass is 293 g/mol. The van der Waals surface area contributed by atoms with Gasteiger partial charge in [0, 0.05) is 17.1 Å². The molecule has 0 aromatic heterocycles. The molecule has 0 amide bonds. The maximum Gasteiger partial charge on any atom is 0.0438 e. The van der Waals surface area contributed by atoms with Crippen LogP contribution >= 0.6 is 11.6 Å². The molecule has 0 atom stereocenters. The molecule has 1 fully saturated rings. The van der Waals surface area contributed by atoms with Crippen molar-refractivity contribution in [3.05, 3.63) is 34.9 Å². The fraction of sp³-hybridized carbons (Fsp3) is 0.667. The third-order valence-corrected chi connectivity index (χ3v) is 4.80. The molecule has 2 heteroatoms. The summed E-state index contributed by atoms with van der Waals surface area (Å²) in [4.78, 5) is 0. The largest absolute Gasteiger partial charge is 0.312 e. The molecule has 2 rings (SSSR count). The summed E-state index contributed by atoms with van der Waals surface area (Å²) >= 11 is 6.38. The van der Waals surface area contributed by atoms with Gasteiger partial charge >= 0.3 is 0 Å². The fourth-order valence-electron chi connectivity index (χ4n) is 3.22. The molecular weight excluding hydrogens is 266 g/mol. The summed E-state index contributed by atoms with van der Waals surface area (Å²) in [5, 5.41) is 4.65. The van der Waals surface area contributed by atoms with Crippen molar-refractivity contribution in [2.24, 2.45) is 5.41 Å². The van der Waals surface area contributed by atoms with E-state index >= 15 is 0 Å². The molecule has 0 saturated heterocycles. The van der Waals surface area contributed by atoms with E-state index in [-0.39, 0.29) is 5.54 Å². The Kier molecular flexibility index (Phi) is 5.14. The number of halogens is 1.